The highest BCUT2D eigenvalue weighted by Gasteiger charge is 2.25. The van der Waals surface area contributed by atoms with E-state index in [0.717, 1.165) is 5.56 Å². The number of ether oxygens (including phenoxy) is 3. The Labute approximate surface area is 194 Å². The predicted octanol–water partition coefficient (Wildman–Crippen LogP) is 2.78. The summed E-state index contributed by atoms with van der Waals surface area (Å²) in [5, 5.41) is 3.01. The fourth-order valence-electron chi connectivity index (χ4n) is 3.37. The lowest BCUT2D eigenvalue weighted by atomic mass is 10.0. The van der Waals surface area contributed by atoms with Gasteiger partial charge in [0.25, 0.3) is 11.8 Å². The van der Waals surface area contributed by atoms with E-state index < -0.39 is 5.97 Å². The van der Waals surface area contributed by atoms with Crippen molar-refractivity contribution < 1.29 is 28.6 Å². The number of amides is 2. The molecule has 1 unspecified atom stereocenters. The second kappa shape index (κ2) is 12.1. The van der Waals surface area contributed by atoms with E-state index in [-0.39, 0.29) is 31.1 Å². The first-order chi connectivity index (χ1) is 15.7. The molecule has 33 heavy (non-hydrogen) atoms. The van der Waals surface area contributed by atoms with Crippen LogP contribution in [0.1, 0.15) is 57.1 Å². The number of aromatic amines is 1. The highest BCUT2D eigenvalue weighted by atomic mass is 16.6. The van der Waals surface area contributed by atoms with Crippen LogP contribution < -0.4 is 10.1 Å². The molecule has 1 aromatic heterocycles. The van der Waals surface area contributed by atoms with Crippen LogP contribution in [-0.2, 0) is 14.3 Å². The zero-order valence-electron chi connectivity index (χ0n) is 20.1. The third-order valence-electron chi connectivity index (χ3n) is 5.25. The van der Waals surface area contributed by atoms with Gasteiger partial charge in [-0.3, -0.25) is 9.59 Å². The first kappa shape index (κ1) is 25.9. The maximum Gasteiger partial charge on any atom is 0.340 e. The van der Waals surface area contributed by atoms with Gasteiger partial charge in [0.15, 0.2) is 6.61 Å². The SMILES string of the molecule is CCC(NC(=O)c1[nH]c(C)c(C(=O)OCCOC)c1C)c1ccccc1OCC(=O)N(C)C. The van der Waals surface area contributed by atoms with Gasteiger partial charge in [-0.2, -0.15) is 0 Å². The third-order valence-corrected chi connectivity index (χ3v) is 5.25. The molecule has 2 N–H and O–H groups in total. The smallest absolute Gasteiger partial charge is 0.340 e. The molecule has 2 rings (SSSR count). The van der Waals surface area contributed by atoms with Crippen LogP contribution in [0.25, 0.3) is 0 Å². The lowest BCUT2D eigenvalue weighted by Crippen LogP contribution is -2.30. The summed E-state index contributed by atoms with van der Waals surface area (Å²) in [6.45, 7) is 5.69. The number of rotatable bonds is 11. The van der Waals surface area contributed by atoms with Gasteiger partial charge >= 0.3 is 5.97 Å². The maximum absolute atomic E-state index is 13.1. The molecular formula is C24H33N3O6. The minimum absolute atomic E-state index is 0.0993. The first-order valence-corrected chi connectivity index (χ1v) is 10.8. The second-order valence-corrected chi connectivity index (χ2v) is 7.80. The number of esters is 1. The third kappa shape index (κ3) is 6.58. The van der Waals surface area contributed by atoms with E-state index in [2.05, 4.69) is 10.3 Å². The number of methoxy groups -OCH3 is 1. The number of para-hydroxylation sites is 1. The summed E-state index contributed by atoms with van der Waals surface area (Å²) in [6.07, 6.45) is 0.596. The molecule has 0 saturated carbocycles. The monoisotopic (exact) mass is 459 g/mol. The van der Waals surface area contributed by atoms with Crippen LogP contribution in [0.5, 0.6) is 5.75 Å². The van der Waals surface area contributed by atoms with E-state index in [1.54, 1.807) is 34.0 Å². The molecule has 0 aliphatic heterocycles. The summed E-state index contributed by atoms with van der Waals surface area (Å²) in [5.41, 5.74) is 2.48. The molecule has 0 fully saturated rings. The van der Waals surface area contributed by atoms with Gasteiger partial charge in [-0.25, -0.2) is 4.79 Å². The molecule has 1 aromatic carbocycles. The van der Waals surface area contributed by atoms with E-state index in [1.807, 2.05) is 25.1 Å². The van der Waals surface area contributed by atoms with Crippen LogP contribution in [0.3, 0.4) is 0 Å². The average molecular weight is 460 g/mol. The summed E-state index contributed by atoms with van der Waals surface area (Å²) in [7, 11) is 4.85. The molecule has 0 spiro atoms. The summed E-state index contributed by atoms with van der Waals surface area (Å²) < 4.78 is 15.8. The molecule has 9 nitrogen and oxygen atoms in total. The molecular weight excluding hydrogens is 426 g/mol. The van der Waals surface area contributed by atoms with E-state index >= 15 is 0 Å². The molecule has 0 radical (unpaired) electrons. The van der Waals surface area contributed by atoms with Crippen molar-refractivity contribution in [3.63, 3.8) is 0 Å². The van der Waals surface area contributed by atoms with Gasteiger partial charge in [-0.15, -0.1) is 0 Å². The van der Waals surface area contributed by atoms with Gasteiger partial charge in [0.2, 0.25) is 0 Å². The Morgan fingerprint density at radius 3 is 2.45 bits per heavy atom. The Balaban J connectivity index is 2.20. The molecule has 0 aliphatic rings. The zero-order valence-corrected chi connectivity index (χ0v) is 20.1. The van der Waals surface area contributed by atoms with Crippen molar-refractivity contribution in [1.82, 2.24) is 15.2 Å². The van der Waals surface area contributed by atoms with Crippen LogP contribution in [-0.4, -0.2) is 68.7 Å². The van der Waals surface area contributed by atoms with E-state index in [1.165, 1.54) is 12.0 Å². The van der Waals surface area contributed by atoms with E-state index in [9.17, 15) is 14.4 Å². The van der Waals surface area contributed by atoms with Crippen molar-refractivity contribution in [2.24, 2.45) is 0 Å². The summed E-state index contributed by atoms with van der Waals surface area (Å²) in [4.78, 5) is 41.9. The number of benzene rings is 1. The fourth-order valence-corrected chi connectivity index (χ4v) is 3.37. The number of aromatic nitrogens is 1. The lowest BCUT2D eigenvalue weighted by molar-refractivity contribution is -0.130. The van der Waals surface area contributed by atoms with Crippen LogP contribution in [0, 0.1) is 13.8 Å². The number of aryl methyl sites for hydroxylation is 1. The summed E-state index contributed by atoms with van der Waals surface area (Å²) in [6, 6.07) is 6.93. The van der Waals surface area contributed by atoms with Gasteiger partial charge in [0, 0.05) is 32.5 Å². The Morgan fingerprint density at radius 1 is 1.12 bits per heavy atom. The minimum atomic E-state index is -0.506. The topological polar surface area (TPSA) is 110 Å². The van der Waals surface area contributed by atoms with Crippen LogP contribution in [0.15, 0.2) is 24.3 Å². The molecule has 0 saturated heterocycles. The number of nitrogens with zero attached hydrogens (tertiary/aromatic N) is 1. The number of likely N-dealkylation sites (N-methyl/N-ethyl adjacent to an activating group) is 1. The predicted molar refractivity (Wildman–Crippen MR) is 124 cm³/mol. The normalized spacial score (nSPS) is 11.6. The minimum Gasteiger partial charge on any atom is -0.483 e. The van der Waals surface area contributed by atoms with Gasteiger partial charge in [-0.1, -0.05) is 25.1 Å². The zero-order chi connectivity index (χ0) is 24.5. The molecule has 2 aromatic rings. The van der Waals surface area contributed by atoms with Crippen LogP contribution >= 0.6 is 0 Å². The Bertz CT molecular complexity index is 983. The molecule has 2 amide bonds. The number of H-pyrrole nitrogens is 1. The molecule has 1 atom stereocenters. The fraction of sp³-hybridized carbons (Fsp3) is 0.458. The van der Waals surface area contributed by atoms with E-state index in [0.29, 0.717) is 41.3 Å². The Kier molecular flexibility index (Phi) is 9.47. The van der Waals surface area contributed by atoms with Gasteiger partial charge in [0.05, 0.1) is 18.2 Å². The van der Waals surface area contributed by atoms with Crippen molar-refractivity contribution in [1.29, 1.82) is 0 Å². The van der Waals surface area contributed by atoms with Gasteiger partial charge in [-0.05, 0) is 31.9 Å². The molecule has 1 heterocycles. The number of hydrogen-bond acceptors (Lipinski definition) is 6. The number of carbonyl (C=O) groups is 3. The Hall–Kier alpha value is -3.33. The van der Waals surface area contributed by atoms with Crippen molar-refractivity contribution in [2.45, 2.75) is 33.2 Å². The summed E-state index contributed by atoms with van der Waals surface area (Å²) in [5.74, 6) is -0.489. The van der Waals surface area contributed by atoms with Gasteiger partial charge < -0.3 is 29.4 Å². The van der Waals surface area contributed by atoms with Crippen LogP contribution in [0.2, 0.25) is 0 Å². The summed E-state index contributed by atoms with van der Waals surface area (Å²) >= 11 is 0. The van der Waals surface area contributed by atoms with Crippen molar-refractivity contribution >= 4 is 17.8 Å². The number of hydrogen-bond donors (Lipinski definition) is 2. The van der Waals surface area contributed by atoms with Crippen LogP contribution in [0.4, 0.5) is 0 Å². The van der Waals surface area contributed by atoms with Crippen molar-refractivity contribution in [2.75, 3.05) is 41.0 Å². The molecule has 0 aliphatic carbocycles. The number of nitrogens with one attached hydrogen (secondary N) is 2. The van der Waals surface area contributed by atoms with Gasteiger partial charge in [0.1, 0.15) is 18.1 Å². The highest BCUT2D eigenvalue weighted by Crippen LogP contribution is 2.28. The highest BCUT2D eigenvalue weighted by molar-refractivity contribution is 6.00. The maximum atomic E-state index is 13.1. The standard InChI is InChI=1S/C24H33N3O6/c1-7-18(17-10-8-9-11-19(17)33-14-20(28)27(4)5)26-23(29)22-15(2)21(16(3)25-22)24(30)32-13-12-31-6/h8-11,18,25H,7,12-14H2,1-6H3,(H,26,29). The quantitative estimate of drug-likeness (QED) is 0.395. The largest absolute Gasteiger partial charge is 0.483 e. The second-order valence-electron chi connectivity index (χ2n) is 7.80. The Morgan fingerprint density at radius 2 is 1.82 bits per heavy atom. The average Bonchev–Trinajstić information content (AvgIpc) is 3.09. The number of carbonyl (C=O) groups excluding carboxylic acids is 3. The van der Waals surface area contributed by atoms with Crippen molar-refractivity contribution in [3.05, 3.63) is 52.3 Å². The lowest BCUT2D eigenvalue weighted by Gasteiger charge is -2.21. The van der Waals surface area contributed by atoms with E-state index in [4.69, 9.17) is 14.2 Å². The molecule has 180 valence electrons. The van der Waals surface area contributed by atoms with Crippen molar-refractivity contribution in [3.8, 4) is 5.75 Å². The molecule has 9 heteroatoms. The molecule has 0 bridgehead atoms. The first-order valence-electron chi connectivity index (χ1n) is 10.8.